The number of benzene rings is 1. The van der Waals surface area contributed by atoms with Crippen LogP contribution in [0.2, 0.25) is 0 Å². The molecule has 7 rings (SSSR count). The lowest BCUT2D eigenvalue weighted by Crippen LogP contribution is -2.76. The van der Waals surface area contributed by atoms with Gasteiger partial charge in [-0.25, -0.2) is 0 Å². The maximum absolute atomic E-state index is 13.7. The van der Waals surface area contributed by atoms with Crippen molar-refractivity contribution in [2.45, 2.75) is 93.3 Å². The lowest BCUT2D eigenvalue weighted by Gasteiger charge is -2.61. The van der Waals surface area contributed by atoms with E-state index in [0.29, 0.717) is 17.6 Å². The minimum Gasteiger partial charge on any atom is -0.458 e. The quantitative estimate of drug-likeness (QED) is 0.263. The number of rotatable bonds is 6. The number of carbonyl (C=O) groups is 2. The van der Waals surface area contributed by atoms with Gasteiger partial charge in [0.1, 0.15) is 30.0 Å². The zero-order valence-electron chi connectivity index (χ0n) is 23.5. The van der Waals surface area contributed by atoms with Crippen molar-refractivity contribution in [1.82, 2.24) is 0 Å². The van der Waals surface area contributed by atoms with Crippen LogP contribution in [0.5, 0.6) is 0 Å². The smallest absolute Gasteiger partial charge is 0.314 e. The number of Topliss-reactive ketones (excluding diaryl/α,β-unsaturated/α-hetero) is 1. The highest BCUT2D eigenvalue weighted by Crippen LogP contribution is 2.74. The molecule has 0 radical (unpaired) electrons. The van der Waals surface area contributed by atoms with Gasteiger partial charge in [-0.1, -0.05) is 56.8 Å². The summed E-state index contributed by atoms with van der Waals surface area (Å²) in [5, 5.41) is 34.6. The Morgan fingerprint density at radius 1 is 1.15 bits per heavy atom. The van der Waals surface area contributed by atoms with Crippen molar-refractivity contribution in [3.05, 3.63) is 59.7 Å². The third kappa shape index (κ3) is 2.92. The van der Waals surface area contributed by atoms with E-state index in [9.17, 15) is 24.9 Å². The number of ketones is 1. The minimum absolute atomic E-state index is 0.172. The van der Waals surface area contributed by atoms with Gasteiger partial charge in [0.25, 0.3) is 0 Å². The third-order valence-corrected chi connectivity index (χ3v) is 10.6. The van der Waals surface area contributed by atoms with Gasteiger partial charge < -0.3 is 39.0 Å². The number of esters is 1. The predicted octanol–water partition coefficient (Wildman–Crippen LogP) is 1.65. The van der Waals surface area contributed by atoms with Gasteiger partial charge >= 0.3 is 11.9 Å². The van der Waals surface area contributed by atoms with Crippen LogP contribution in [0, 0.1) is 17.8 Å². The zero-order chi connectivity index (χ0) is 29.3. The van der Waals surface area contributed by atoms with Crippen molar-refractivity contribution < 1.29 is 48.6 Å². The Balaban J connectivity index is 1.54. The van der Waals surface area contributed by atoms with E-state index in [1.165, 1.54) is 0 Å². The van der Waals surface area contributed by atoms with Crippen LogP contribution in [0.25, 0.3) is 0 Å². The maximum Gasteiger partial charge on any atom is 0.314 e. The van der Waals surface area contributed by atoms with E-state index in [1.807, 2.05) is 32.0 Å². The van der Waals surface area contributed by atoms with Gasteiger partial charge in [-0.05, 0) is 31.4 Å². The molecule has 0 aromatic heterocycles. The zero-order valence-corrected chi connectivity index (χ0v) is 23.5. The molecule has 1 aromatic carbocycles. The molecule has 3 N–H and O–H groups in total. The predicted molar refractivity (Wildman–Crippen MR) is 141 cm³/mol. The SMILES string of the molecule is C=C(C)[C@@]12O[C@@]3(c4ccccc4)O[C@@H]1[C@@H]1[C@@H]4O[C@]4(CO)[C@@H](O)[C@]4(O)C(=O)C(C)=C[C@H]4[C@@]1(O3)[C@H](C)[C@H]2OC(=O)CCC. The summed E-state index contributed by atoms with van der Waals surface area (Å²) in [6.07, 6.45) is -2.15. The first kappa shape index (κ1) is 27.4. The van der Waals surface area contributed by atoms with Crippen LogP contribution >= 0.6 is 0 Å². The second kappa shape index (κ2) is 8.35. The molecule has 41 heavy (non-hydrogen) atoms. The number of hydrogen-bond acceptors (Lipinski definition) is 10. The van der Waals surface area contributed by atoms with Crippen LogP contribution in [0.15, 0.2) is 54.1 Å². The first-order chi connectivity index (χ1) is 19.4. The summed E-state index contributed by atoms with van der Waals surface area (Å²) in [4.78, 5) is 26.8. The fourth-order valence-corrected chi connectivity index (χ4v) is 8.71. The van der Waals surface area contributed by atoms with E-state index in [1.54, 1.807) is 32.1 Å². The van der Waals surface area contributed by atoms with E-state index in [-0.39, 0.29) is 12.0 Å². The average molecular weight is 569 g/mol. The molecule has 10 nitrogen and oxygen atoms in total. The van der Waals surface area contributed by atoms with E-state index in [2.05, 4.69) is 6.58 Å². The van der Waals surface area contributed by atoms with Crippen molar-refractivity contribution in [2.75, 3.05) is 6.61 Å². The second-order valence-electron chi connectivity index (χ2n) is 12.6. The highest BCUT2D eigenvalue weighted by atomic mass is 16.9. The molecule has 3 saturated heterocycles. The summed E-state index contributed by atoms with van der Waals surface area (Å²) in [6, 6.07) is 9.04. The maximum atomic E-state index is 13.7. The van der Waals surface area contributed by atoms with Gasteiger partial charge in [0.15, 0.2) is 17.0 Å². The number of fused-ring (bicyclic) bond motifs is 3. The summed E-state index contributed by atoms with van der Waals surface area (Å²) < 4.78 is 33.0. The molecule has 12 atom stereocenters. The number of hydrogen-bond donors (Lipinski definition) is 3. The third-order valence-electron chi connectivity index (χ3n) is 10.6. The molecule has 3 aliphatic carbocycles. The first-order valence-electron chi connectivity index (χ1n) is 14.3. The van der Waals surface area contributed by atoms with Gasteiger partial charge in [0.05, 0.1) is 12.2 Å². The number of aliphatic hydroxyl groups excluding tert-OH is 2. The molecular formula is C31H36O10. The molecule has 6 aliphatic rings. The topological polar surface area (TPSA) is 144 Å². The number of aliphatic hydroxyl groups is 3. The number of carbonyl (C=O) groups excluding carboxylic acids is 2. The summed E-state index contributed by atoms with van der Waals surface area (Å²) in [5.74, 6) is -5.51. The molecule has 1 aromatic rings. The first-order valence-corrected chi connectivity index (χ1v) is 14.3. The Labute approximate surface area is 237 Å². The van der Waals surface area contributed by atoms with E-state index >= 15 is 0 Å². The van der Waals surface area contributed by atoms with Crippen molar-refractivity contribution >= 4 is 11.8 Å². The summed E-state index contributed by atoms with van der Waals surface area (Å²) in [5.41, 5.74) is -5.63. The minimum atomic E-state index is -2.39. The normalized spacial score (nSPS) is 50.4. The standard InChI is InChI=1S/C31H36O10/c1-6-10-20(33)37-23-17(5)30-19-13-16(4)22(34)28(19,36)26(35)27(14-32)24(38-27)21(30)25-29(23,15(2)3)40-31(39-25,41-30)18-11-8-7-9-12-18/h7-9,11-13,17,19,21,23-26,32,35-36H,2,6,10,14H2,1,3-5H3/t17-,19-,21+,23-,24+,25-,26-,27+,28-,29+,30+,31-/m1/s1. The van der Waals surface area contributed by atoms with Crippen molar-refractivity contribution in [1.29, 1.82) is 0 Å². The highest BCUT2D eigenvalue weighted by molar-refractivity contribution is 6.05. The molecule has 0 spiro atoms. The van der Waals surface area contributed by atoms with Gasteiger partial charge in [-0.15, -0.1) is 0 Å². The lowest BCUT2D eigenvalue weighted by atomic mass is 9.53. The molecule has 0 amide bonds. The number of ether oxygens (including phenoxy) is 5. The fourth-order valence-electron chi connectivity index (χ4n) is 8.71. The Bertz CT molecular complexity index is 1380. The van der Waals surface area contributed by atoms with E-state index < -0.39 is 88.9 Å². The average Bonchev–Trinajstić information content (AvgIpc) is 3.58. The molecule has 3 bridgehead atoms. The monoisotopic (exact) mass is 568 g/mol. The molecule has 220 valence electrons. The van der Waals surface area contributed by atoms with Crippen LogP contribution in [-0.2, 0) is 39.2 Å². The van der Waals surface area contributed by atoms with Gasteiger partial charge in [0.2, 0.25) is 0 Å². The van der Waals surface area contributed by atoms with E-state index in [4.69, 9.17) is 23.7 Å². The summed E-state index contributed by atoms with van der Waals surface area (Å²) in [7, 11) is 0. The Kier molecular flexibility index (Phi) is 5.58. The lowest BCUT2D eigenvalue weighted by molar-refractivity contribution is -0.440. The Hall–Kier alpha value is -2.44. The molecule has 2 saturated carbocycles. The van der Waals surface area contributed by atoms with E-state index in [0.717, 1.165) is 0 Å². The molecule has 0 unspecified atom stereocenters. The van der Waals surface area contributed by atoms with Crippen molar-refractivity contribution in [3.8, 4) is 0 Å². The number of epoxide rings is 1. The second-order valence-corrected chi connectivity index (χ2v) is 12.6. The Morgan fingerprint density at radius 3 is 2.49 bits per heavy atom. The van der Waals surface area contributed by atoms with Crippen molar-refractivity contribution in [3.63, 3.8) is 0 Å². The highest BCUT2D eigenvalue weighted by Gasteiger charge is 2.90. The Morgan fingerprint density at radius 2 is 1.85 bits per heavy atom. The van der Waals surface area contributed by atoms with Crippen LogP contribution in [0.4, 0.5) is 0 Å². The van der Waals surface area contributed by atoms with Crippen LogP contribution in [0.3, 0.4) is 0 Å². The van der Waals surface area contributed by atoms with Gasteiger partial charge in [0, 0.05) is 29.7 Å². The fraction of sp³-hybridized carbons (Fsp3) is 0.613. The summed E-state index contributed by atoms with van der Waals surface area (Å²) in [6.45, 7) is 10.7. The molecule has 10 heteroatoms. The van der Waals surface area contributed by atoms with Crippen molar-refractivity contribution in [2.24, 2.45) is 17.8 Å². The van der Waals surface area contributed by atoms with Crippen LogP contribution < -0.4 is 0 Å². The van der Waals surface area contributed by atoms with Gasteiger partial charge in [-0.2, -0.15) is 0 Å². The molecular weight excluding hydrogens is 532 g/mol. The van der Waals surface area contributed by atoms with Crippen LogP contribution in [0.1, 0.15) is 46.1 Å². The molecule has 5 fully saturated rings. The summed E-state index contributed by atoms with van der Waals surface area (Å²) >= 11 is 0. The largest absolute Gasteiger partial charge is 0.458 e. The van der Waals surface area contributed by atoms with Gasteiger partial charge in [-0.3, -0.25) is 9.59 Å². The molecule has 3 aliphatic heterocycles. The van der Waals surface area contributed by atoms with Crippen LogP contribution in [-0.4, -0.2) is 80.5 Å². The molecule has 3 heterocycles.